The molecule has 5 heteroatoms. The molecule has 0 fully saturated rings. The molecular weight excluding hydrogens is 228 g/mol. The van der Waals surface area contributed by atoms with Crippen molar-refractivity contribution in [2.45, 2.75) is 19.4 Å². The molecule has 1 aromatic carbocycles. The zero-order valence-corrected chi connectivity index (χ0v) is 10.0. The van der Waals surface area contributed by atoms with E-state index in [1.165, 1.54) is 0 Å². The summed E-state index contributed by atoms with van der Waals surface area (Å²) in [5.41, 5.74) is 7.47. The number of aromatic nitrogens is 2. The molecule has 2 rings (SSSR count). The first-order valence-corrected chi connectivity index (χ1v) is 5.83. The molecule has 0 aliphatic carbocycles. The van der Waals surface area contributed by atoms with Gasteiger partial charge in [-0.2, -0.15) is 0 Å². The van der Waals surface area contributed by atoms with E-state index in [0.29, 0.717) is 19.4 Å². The number of hydrogen-bond donors (Lipinski definition) is 3. The Balaban J connectivity index is 1.75. The lowest BCUT2D eigenvalue weighted by Crippen LogP contribution is -2.23. The van der Waals surface area contributed by atoms with Crippen LogP contribution < -0.4 is 11.1 Å². The predicted molar refractivity (Wildman–Crippen MR) is 69.6 cm³/mol. The summed E-state index contributed by atoms with van der Waals surface area (Å²) in [4.78, 5) is 18.6. The molecule has 1 heterocycles. The largest absolute Gasteiger partial charge is 0.399 e. The first-order valence-electron chi connectivity index (χ1n) is 5.83. The number of amides is 1. The Morgan fingerprint density at radius 2 is 2.33 bits per heavy atom. The second-order valence-corrected chi connectivity index (χ2v) is 4.06. The van der Waals surface area contributed by atoms with Crippen molar-refractivity contribution >= 4 is 11.6 Å². The van der Waals surface area contributed by atoms with Gasteiger partial charge in [-0.25, -0.2) is 4.98 Å². The van der Waals surface area contributed by atoms with Gasteiger partial charge in [0.05, 0.1) is 6.54 Å². The number of carbonyl (C=O) groups excluding carboxylic acids is 1. The summed E-state index contributed by atoms with van der Waals surface area (Å²) in [6.07, 6.45) is 4.53. The molecular formula is C13H16N4O. The number of carbonyl (C=O) groups is 1. The van der Waals surface area contributed by atoms with Gasteiger partial charge < -0.3 is 16.0 Å². The first-order chi connectivity index (χ1) is 8.74. The predicted octanol–water partition coefficient (Wildman–Crippen LogP) is 1.24. The van der Waals surface area contributed by atoms with Gasteiger partial charge in [0.1, 0.15) is 5.82 Å². The molecule has 0 unspecified atom stereocenters. The van der Waals surface area contributed by atoms with Gasteiger partial charge in [-0.1, -0.05) is 12.1 Å². The van der Waals surface area contributed by atoms with E-state index < -0.39 is 0 Å². The van der Waals surface area contributed by atoms with Gasteiger partial charge in [0.2, 0.25) is 5.91 Å². The lowest BCUT2D eigenvalue weighted by molar-refractivity contribution is -0.121. The topological polar surface area (TPSA) is 83.8 Å². The smallest absolute Gasteiger partial charge is 0.220 e. The molecule has 0 spiro atoms. The van der Waals surface area contributed by atoms with Crippen LogP contribution in [0.4, 0.5) is 5.69 Å². The molecule has 4 N–H and O–H groups in total. The number of rotatable bonds is 5. The molecule has 1 amide bonds. The quantitative estimate of drug-likeness (QED) is 0.692. The van der Waals surface area contributed by atoms with Crippen molar-refractivity contribution in [2.75, 3.05) is 5.73 Å². The molecule has 94 valence electrons. The Bertz CT molecular complexity index is 507. The summed E-state index contributed by atoms with van der Waals surface area (Å²) in [5.74, 6) is 0.765. The average Bonchev–Trinajstić information content (AvgIpc) is 2.87. The van der Waals surface area contributed by atoms with E-state index in [1.54, 1.807) is 12.4 Å². The number of hydrogen-bond acceptors (Lipinski definition) is 3. The van der Waals surface area contributed by atoms with Crippen molar-refractivity contribution in [3.8, 4) is 0 Å². The van der Waals surface area contributed by atoms with Gasteiger partial charge in [-0.05, 0) is 24.1 Å². The molecule has 1 aromatic heterocycles. The lowest BCUT2D eigenvalue weighted by Gasteiger charge is -2.04. The van der Waals surface area contributed by atoms with Crippen LogP contribution >= 0.6 is 0 Å². The second kappa shape index (κ2) is 5.86. The lowest BCUT2D eigenvalue weighted by atomic mass is 10.1. The summed E-state index contributed by atoms with van der Waals surface area (Å²) in [5, 5.41) is 2.81. The van der Waals surface area contributed by atoms with Gasteiger partial charge in [0.15, 0.2) is 0 Å². The average molecular weight is 244 g/mol. The Morgan fingerprint density at radius 3 is 3.06 bits per heavy atom. The Morgan fingerprint density at radius 1 is 1.44 bits per heavy atom. The van der Waals surface area contributed by atoms with Gasteiger partial charge in [-0.15, -0.1) is 0 Å². The van der Waals surface area contributed by atoms with Gasteiger partial charge in [0, 0.05) is 24.5 Å². The number of nitrogen functional groups attached to an aromatic ring is 1. The number of benzene rings is 1. The van der Waals surface area contributed by atoms with Crippen molar-refractivity contribution in [1.82, 2.24) is 15.3 Å². The van der Waals surface area contributed by atoms with Crippen molar-refractivity contribution in [3.05, 3.63) is 48.0 Å². The van der Waals surface area contributed by atoms with Gasteiger partial charge >= 0.3 is 0 Å². The maximum atomic E-state index is 11.6. The monoisotopic (exact) mass is 244 g/mol. The van der Waals surface area contributed by atoms with Crippen molar-refractivity contribution in [3.63, 3.8) is 0 Å². The molecule has 0 saturated carbocycles. The first kappa shape index (κ1) is 12.2. The van der Waals surface area contributed by atoms with Crippen molar-refractivity contribution in [2.24, 2.45) is 0 Å². The van der Waals surface area contributed by atoms with E-state index in [0.717, 1.165) is 17.1 Å². The third-order valence-electron chi connectivity index (χ3n) is 2.60. The normalized spacial score (nSPS) is 10.2. The summed E-state index contributed by atoms with van der Waals surface area (Å²) in [7, 11) is 0. The maximum absolute atomic E-state index is 11.6. The molecule has 18 heavy (non-hydrogen) atoms. The standard InChI is InChI=1S/C13H16N4O/c14-11-3-1-2-10(8-11)4-5-13(18)17-9-12-15-6-7-16-12/h1-3,6-8H,4-5,9,14H2,(H,15,16)(H,17,18). The molecule has 0 radical (unpaired) electrons. The van der Waals surface area contributed by atoms with Gasteiger partial charge in [-0.3, -0.25) is 4.79 Å². The van der Waals surface area contributed by atoms with E-state index in [1.807, 2.05) is 24.3 Å². The van der Waals surface area contributed by atoms with Crippen LogP contribution in [0.25, 0.3) is 0 Å². The van der Waals surface area contributed by atoms with Crippen LogP contribution in [0, 0.1) is 0 Å². The molecule has 0 aliphatic rings. The Labute approximate surface area is 105 Å². The Kier molecular flexibility index (Phi) is 3.96. The molecule has 2 aromatic rings. The number of nitrogens with one attached hydrogen (secondary N) is 2. The minimum absolute atomic E-state index is 0.00817. The third kappa shape index (κ3) is 3.62. The van der Waals surface area contributed by atoms with Crippen LogP contribution in [0.15, 0.2) is 36.7 Å². The minimum atomic E-state index is 0.00817. The van der Waals surface area contributed by atoms with E-state index in [2.05, 4.69) is 15.3 Å². The summed E-state index contributed by atoms with van der Waals surface area (Å²) in [6.45, 7) is 0.433. The van der Waals surface area contributed by atoms with E-state index in [4.69, 9.17) is 5.73 Å². The number of nitrogens with two attached hydrogens (primary N) is 1. The molecule has 0 atom stereocenters. The van der Waals surface area contributed by atoms with E-state index in [-0.39, 0.29) is 5.91 Å². The number of anilines is 1. The summed E-state index contributed by atoms with van der Waals surface area (Å²) in [6, 6.07) is 7.59. The van der Waals surface area contributed by atoms with E-state index >= 15 is 0 Å². The van der Waals surface area contributed by atoms with Crippen LogP contribution in [-0.4, -0.2) is 15.9 Å². The highest BCUT2D eigenvalue weighted by molar-refractivity contribution is 5.76. The minimum Gasteiger partial charge on any atom is -0.399 e. The Hall–Kier alpha value is -2.30. The molecule has 0 saturated heterocycles. The zero-order chi connectivity index (χ0) is 12.8. The highest BCUT2D eigenvalue weighted by Gasteiger charge is 2.03. The molecule has 0 bridgehead atoms. The fourth-order valence-electron chi connectivity index (χ4n) is 1.67. The number of aromatic amines is 1. The van der Waals surface area contributed by atoms with Crippen LogP contribution in [0.2, 0.25) is 0 Å². The van der Waals surface area contributed by atoms with Crippen LogP contribution in [0.1, 0.15) is 17.8 Å². The fourth-order valence-corrected chi connectivity index (χ4v) is 1.67. The van der Waals surface area contributed by atoms with Crippen molar-refractivity contribution in [1.29, 1.82) is 0 Å². The summed E-state index contributed by atoms with van der Waals surface area (Å²) >= 11 is 0. The van der Waals surface area contributed by atoms with Crippen molar-refractivity contribution < 1.29 is 4.79 Å². The number of nitrogens with zero attached hydrogens (tertiary/aromatic N) is 1. The van der Waals surface area contributed by atoms with Crippen LogP contribution in [-0.2, 0) is 17.8 Å². The highest BCUT2D eigenvalue weighted by Crippen LogP contribution is 2.08. The van der Waals surface area contributed by atoms with Crippen LogP contribution in [0.3, 0.4) is 0 Å². The van der Waals surface area contributed by atoms with Gasteiger partial charge in [0.25, 0.3) is 0 Å². The SMILES string of the molecule is Nc1cccc(CCC(=O)NCc2ncc[nH]2)c1. The number of aryl methyl sites for hydroxylation is 1. The fraction of sp³-hybridized carbons (Fsp3) is 0.231. The molecule has 5 nitrogen and oxygen atoms in total. The highest BCUT2D eigenvalue weighted by atomic mass is 16.1. The second-order valence-electron chi connectivity index (χ2n) is 4.06. The third-order valence-corrected chi connectivity index (χ3v) is 2.60. The van der Waals surface area contributed by atoms with Crippen LogP contribution in [0.5, 0.6) is 0 Å². The zero-order valence-electron chi connectivity index (χ0n) is 10.0. The van der Waals surface area contributed by atoms with E-state index in [9.17, 15) is 4.79 Å². The molecule has 0 aliphatic heterocycles. The number of H-pyrrole nitrogens is 1. The maximum Gasteiger partial charge on any atom is 0.220 e. The number of imidazole rings is 1. The summed E-state index contributed by atoms with van der Waals surface area (Å²) < 4.78 is 0.